The zero-order valence-corrected chi connectivity index (χ0v) is 14.4. The van der Waals surface area contributed by atoms with Crippen LogP contribution in [0.3, 0.4) is 0 Å². The Morgan fingerprint density at radius 1 is 1.67 bits per heavy atom. The normalized spacial score (nSPS) is 31.1. The molecule has 1 aliphatic rings. The van der Waals surface area contributed by atoms with Gasteiger partial charge in [0.1, 0.15) is 0 Å². The lowest BCUT2D eigenvalue weighted by Gasteiger charge is -2.21. The third kappa shape index (κ3) is 2.78. The Hall–Kier alpha value is 1.35. The molecule has 0 radical (unpaired) electrons. The van der Waals surface area contributed by atoms with Crippen LogP contribution in [0.25, 0.3) is 0 Å². The lowest BCUT2D eigenvalue weighted by Crippen LogP contribution is -2.24. The molecule has 1 fully saturated rings. The molecule has 84 valence electrons. The lowest BCUT2D eigenvalue weighted by molar-refractivity contribution is -0.00938. The molecule has 1 saturated heterocycles. The molecular formula is C10H11Br2IOS. The zero-order chi connectivity index (χ0) is 11.1. The van der Waals surface area contributed by atoms with Gasteiger partial charge in [0, 0.05) is 13.8 Å². The highest BCUT2D eigenvalue weighted by molar-refractivity contribution is 14.1. The average molecular weight is 466 g/mol. The van der Waals surface area contributed by atoms with Crippen LogP contribution < -0.4 is 0 Å². The number of thiophene rings is 1. The molecule has 1 aromatic heterocycles. The van der Waals surface area contributed by atoms with Crippen molar-refractivity contribution in [3.63, 3.8) is 0 Å². The summed E-state index contributed by atoms with van der Waals surface area (Å²) in [6.07, 6.45) is 2.59. The molecular weight excluding hydrogens is 455 g/mol. The molecule has 15 heavy (non-hydrogen) atoms. The maximum atomic E-state index is 6.11. The highest BCUT2D eigenvalue weighted by atomic mass is 127. The number of alkyl halides is 1. The molecule has 2 rings (SSSR count). The predicted octanol–water partition coefficient (Wildman–Crippen LogP) is 5.32. The largest absolute Gasteiger partial charge is 0.366 e. The fraction of sp³-hybridized carbons (Fsp3) is 0.600. The standard InChI is InChI=1S/C10H11Br2IOS/c1-10(5-13)3-2-7(14-10)8-4-6(11)9(12)15-8/h4,7H,2-3,5H2,1H3. The summed E-state index contributed by atoms with van der Waals surface area (Å²) >= 11 is 11.2. The lowest BCUT2D eigenvalue weighted by atomic mass is 10.1. The Kier molecular flexibility index (Phi) is 4.20. The zero-order valence-electron chi connectivity index (χ0n) is 8.23. The Bertz CT molecular complexity index is 349. The van der Waals surface area contributed by atoms with Crippen LogP contribution in [-0.2, 0) is 4.74 Å². The highest BCUT2D eigenvalue weighted by Crippen LogP contribution is 2.45. The van der Waals surface area contributed by atoms with Crippen molar-refractivity contribution < 1.29 is 4.74 Å². The number of hydrogen-bond acceptors (Lipinski definition) is 2. The maximum absolute atomic E-state index is 6.11. The molecule has 0 saturated carbocycles. The molecule has 0 bridgehead atoms. The molecule has 0 amide bonds. The second-order valence-corrected chi connectivity index (χ2v) is 8.02. The molecule has 0 aromatic carbocycles. The summed E-state index contributed by atoms with van der Waals surface area (Å²) in [6.45, 7) is 2.21. The molecule has 0 aliphatic carbocycles. The molecule has 5 heteroatoms. The van der Waals surface area contributed by atoms with Crippen LogP contribution in [0.2, 0.25) is 0 Å². The minimum absolute atomic E-state index is 0.0775. The van der Waals surface area contributed by atoms with Crippen LogP contribution >= 0.6 is 65.8 Å². The number of halogens is 3. The van der Waals surface area contributed by atoms with Gasteiger partial charge in [0.15, 0.2) is 0 Å². The molecule has 1 aliphatic heterocycles. The van der Waals surface area contributed by atoms with E-state index in [-0.39, 0.29) is 11.7 Å². The summed E-state index contributed by atoms with van der Waals surface area (Å²) in [4.78, 5) is 1.32. The minimum Gasteiger partial charge on any atom is -0.366 e. The number of ether oxygens (including phenoxy) is 1. The molecule has 2 heterocycles. The van der Waals surface area contributed by atoms with E-state index in [1.165, 1.54) is 4.88 Å². The first-order chi connectivity index (χ1) is 7.04. The van der Waals surface area contributed by atoms with E-state index in [1.807, 2.05) is 0 Å². The fourth-order valence-corrected chi connectivity index (χ4v) is 4.43. The van der Waals surface area contributed by atoms with Crippen LogP contribution in [0.15, 0.2) is 14.3 Å². The van der Waals surface area contributed by atoms with Gasteiger partial charge in [0.25, 0.3) is 0 Å². The van der Waals surface area contributed by atoms with Gasteiger partial charge in [0.2, 0.25) is 0 Å². The quantitative estimate of drug-likeness (QED) is 0.424. The molecule has 0 spiro atoms. The Morgan fingerprint density at radius 2 is 2.40 bits per heavy atom. The van der Waals surface area contributed by atoms with Crippen LogP contribution in [0, 0.1) is 0 Å². The summed E-state index contributed by atoms with van der Waals surface area (Å²) in [5, 5.41) is 0. The highest BCUT2D eigenvalue weighted by Gasteiger charge is 2.36. The second kappa shape index (κ2) is 4.92. The first kappa shape index (κ1) is 12.8. The second-order valence-electron chi connectivity index (χ2n) is 4.00. The van der Waals surface area contributed by atoms with E-state index in [0.29, 0.717) is 0 Å². The van der Waals surface area contributed by atoms with E-state index >= 15 is 0 Å². The van der Waals surface area contributed by atoms with E-state index in [1.54, 1.807) is 11.3 Å². The maximum Gasteiger partial charge on any atom is 0.0926 e. The Morgan fingerprint density at radius 3 is 2.87 bits per heavy atom. The van der Waals surface area contributed by atoms with Crippen molar-refractivity contribution in [1.29, 1.82) is 0 Å². The van der Waals surface area contributed by atoms with Crippen LogP contribution in [-0.4, -0.2) is 10.0 Å². The van der Waals surface area contributed by atoms with Gasteiger partial charge in [-0.3, -0.25) is 0 Å². The summed E-state index contributed by atoms with van der Waals surface area (Å²) in [7, 11) is 0. The minimum atomic E-state index is 0.0775. The average Bonchev–Trinajstić information content (AvgIpc) is 2.73. The van der Waals surface area contributed by atoms with Gasteiger partial charge in [-0.2, -0.15) is 0 Å². The van der Waals surface area contributed by atoms with Crippen LogP contribution in [0.1, 0.15) is 30.7 Å². The molecule has 2 atom stereocenters. The Labute approximate surface area is 124 Å². The van der Waals surface area contributed by atoms with Crippen LogP contribution in [0.5, 0.6) is 0 Å². The number of rotatable bonds is 2. The van der Waals surface area contributed by atoms with Gasteiger partial charge in [-0.15, -0.1) is 11.3 Å². The fourth-order valence-electron chi connectivity index (χ4n) is 1.72. The SMILES string of the molecule is CC1(CI)CCC(c2cc(Br)c(Br)s2)O1. The van der Waals surface area contributed by atoms with Crippen molar-refractivity contribution >= 4 is 65.8 Å². The summed E-state index contributed by atoms with van der Waals surface area (Å²) in [5.41, 5.74) is 0.0775. The molecule has 1 nitrogen and oxygen atoms in total. The third-order valence-electron chi connectivity index (χ3n) is 2.63. The van der Waals surface area contributed by atoms with E-state index in [0.717, 1.165) is 25.5 Å². The first-order valence-corrected chi connectivity index (χ1v) is 8.65. The van der Waals surface area contributed by atoms with Crippen LogP contribution in [0.4, 0.5) is 0 Å². The summed E-state index contributed by atoms with van der Waals surface area (Å²) < 4.78 is 9.47. The summed E-state index contributed by atoms with van der Waals surface area (Å²) in [6, 6.07) is 2.17. The van der Waals surface area contributed by atoms with Gasteiger partial charge in [-0.25, -0.2) is 0 Å². The van der Waals surface area contributed by atoms with Gasteiger partial charge in [-0.05, 0) is 57.7 Å². The van der Waals surface area contributed by atoms with Gasteiger partial charge >= 0.3 is 0 Å². The van der Waals surface area contributed by atoms with Crippen molar-refractivity contribution in [2.75, 3.05) is 4.43 Å². The monoisotopic (exact) mass is 464 g/mol. The van der Waals surface area contributed by atoms with E-state index in [4.69, 9.17) is 4.74 Å². The van der Waals surface area contributed by atoms with E-state index in [2.05, 4.69) is 67.4 Å². The Balaban J connectivity index is 2.14. The van der Waals surface area contributed by atoms with Crippen molar-refractivity contribution in [2.45, 2.75) is 31.5 Å². The first-order valence-electron chi connectivity index (χ1n) is 4.72. The van der Waals surface area contributed by atoms with Gasteiger partial charge in [-0.1, -0.05) is 22.6 Å². The third-order valence-corrected chi connectivity index (χ3v) is 7.59. The van der Waals surface area contributed by atoms with Crippen molar-refractivity contribution in [3.05, 3.63) is 19.2 Å². The van der Waals surface area contributed by atoms with Crippen molar-refractivity contribution in [2.24, 2.45) is 0 Å². The van der Waals surface area contributed by atoms with Gasteiger partial charge < -0.3 is 4.74 Å². The smallest absolute Gasteiger partial charge is 0.0926 e. The van der Waals surface area contributed by atoms with E-state index < -0.39 is 0 Å². The topological polar surface area (TPSA) is 9.23 Å². The molecule has 1 aromatic rings. The molecule has 0 N–H and O–H groups in total. The van der Waals surface area contributed by atoms with Gasteiger partial charge in [0.05, 0.1) is 15.5 Å². The molecule has 2 unspecified atom stereocenters. The van der Waals surface area contributed by atoms with E-state index in [9.17, 15) is 0 Å². The van der Waals surface area contributed by atoms with Crippen molar-refractivity contribution in [1.82, 2.24) is 0 Å². The predicted molar refractivity (Wildman–Crippen MR) is 80.1 cm³/mol. The van der Waals surface area contributed by atoms with Crippen molar-refractivity contribution in [3.8, 4) is 0 Å². The number of hydrogen-bond donors (Lipinski definition) is 0. The summed E-state index contributed by atoms with van der Waals surface area (Å²) in [5.74, 6) is 0.